The van der Waals surface area contributed by atoms with Crippen LogP contribution in [0.3, 0.4) is 0 Å². The molecule has 0 saturated carbocycles. The van der Waals surface area contributed by atoms with E-state index in [1.165, 1.54) is 0 Å². The maximum atomic E-state index is 11.8. The van der Waals surface area contributed by atoms with Gasteiger partial charge in [-0.3, -0.25) is 9.78 Å². The lowest BCUT2D eigenvalue weighted by atomic mass is 9.93. The van der Waals surface area contributed by atoms with Crippen LogP contribution in [0.2, 0.25) is 0 Å². The van der Waals surface area contributed by atoms with Crippen molar-refractivity contribution in [2.45, 2.75) is 19.4 Å². The Morgan fingerprint density at radius 2 is 2.22 bits per heavy atom. The van der Waals surface area contributed by atoms with Crippen LogP contribution in [0, 0.1) is 11.8 Å². The molecule has 2 saturated heterocycles. The van der Waals surface area contributed by atoms with Crippen molar-refractivity contribution < 1.29 is 0 Å². The van der Waals surface area contributed by atoms with Crippen LogP contribution in [0.4, 0.5) is 5.82 Å². The molecular weight excluding hydrogens is 234 g/mol. The van der Waals surface area contributed by atoms with Gasteiger partial charge in [0.15, 0.2) is 0 Å². The highest BCUT2D eigenvalue weighted by molar-refractivity contribution is 5.39. The summed E-state index contributed by atoms with van der Waals surface area (Å²) in [5, 5.41) is 9.61. The second-order valence-electron chi connectivity index (χ2n) is 5.04. The fourth-order valence-corrected chi connectivity index (χ4v) is 3.33. The SMILES string of the molecule is CCC1C2CNCC2CN1c1n[nH]c(=O)[nH]c1=O. The van der Waals surface area contributed by atoms with Gasteiger partial charge in [-0.2, -0.15) is 0 Å². The van der Waals surface area contributed by atoms with E-state index in [1.807, 2.05) is 4.90 Å². The summed E-state index contributed by atoms with van der Waals surface area (Å²) in [7, 11) is 0. The Labute approximate surface area is 104 Å². The number of nitrogens with zero attached hydrogens (tertiary/aromatic N) is 2. The molecule has 0 radical (unpaired) electrons. The van der Waals surface area contributed by atoms with E-state index in [0.717, 1.165) is 26.1 Å². The first-order valence-corrected chi connectivity index (χ1v) is 6.37. The molecule has 3 atom stereocenters. The zero-order valence-electron chi connectivity index (χ0n) is 10.3. The Bertz CT molecular complexity index is 551. The molecule has 7 heteroatoms. The molecule has 98 valence electrons. The lowest BCUT2D eigenvalue weighted by Crippen LogP contribution is -2.40. The first-order valence-electron chi connectivity index (χ1n) is 6.37. The van der Waals surface area contributed by atoms with Gasteiger partial charge in [-0.15, -0.1) is 5.10 Å². The van der Waals surface area contributed by atoms with Crippen molar-refractivity contribution in [3.05, 3.63) is 20.8 Å². The number of nitrogens with one attached hydrogen (secondary N) is 3. The van der Waals surface area contributed by atoms with Crippen molar-refractivity contribution in [3.63, 3.8) is 0 Å². The van der Waals surface area contributed by atoms with Crippen LogP contribution >= 0.6 is 0 Å². The summed E-state index contributed by atoms with van der Waals surface area (Å²) in [5.74, 6) is 1.49. The van der Waals surface area contributed by atoms with Gasteiger partial charge in [-0.1, -0.05) is 6.92 Å². The molecule has 3 unspecified atom stereocenters. The minimum Gasteiger partial charge on any atom is -0.347 e. The summed E-state index contributed by atoms with van der Waals surface area (Å²) in [5.41, 5.74) is -0.956. The zero-order valence-corrected chi connectivity index (χ0v) is 10.3. The fourth-order valence-electron chi connectivity index (χ4n) is 3.33. The minimum atomic E-state index is -0.558. The third-order valence-electron chi connectivity index (χ3n) is 4.10. The number of fused-ring (bicyclic) bond motifs is 1. The molecule has 2 aliphatic rings. The van der Waals surface area contributed by atoms with Gasteiger partial charge in [-0.05, 0) is 18.3 Å². The standard InChI is InChI=1S/C11H17N5O2/c1-2-8-7-4-12-3-6(7)5-16(8)9-10(17)13-11(18)15-14-9/h6-8,12H,2-5H2,1H3,(H2,13,15,17,18). The van der Waals surface area contributed by atoms with Gasteiger partial charge in [0.05, 0.1) is 0 Å². The van der Waals surface area contributed by atoms with Crippen LogP contribution in [-0.2, 0) is 0 Å². The number of aromatic nitrogens is 3. The highest BCUT2D eigenvalue weighted by Gasteiger charge is 2.44. The largest absolute Gasteiger partial charge is 0.347 e. The highest BCUT2D eigenvalue weighted by atomic mass is 16.2. The van der Waals surface area contributed by atoms with Gasteiger partial charge in [0.25, 0.3) is 5.56 Å². The summed E-state index contributed by atoms with van der Waals surface area (Å²) in [6.07, 6.45) is 0.975. The topological polar surface area (TPSA) is 93.9 Å². The molecule has 1 aromatic heterocycles. The summed E-state index contributed by atoms with van der Waals surface area (Å²) in [4.78, 5) is 27.1. The van der Waals surface area contributed by atoms with Gasteiger partial charge in [0.2, 0.25) is 5.82 Å². The van der Waals surface area contributed by atoms with Crippen molar-refractivity contribution >= 4 is 5.82 Å². The van der Waals surface area contributed by atoms with E-state index >= 15 is 0 Å². The van der Waals surface area contributed by atoms with E-state index in [-0.39, 0.29) is 0 Å². The average Bonchev–Trinajstić information content (AvgIpc) is 2.88. The summed E-state index contributed by atoms with van der Waals surface area (Å²) in [6, 6.07) is 0.324. The van der Waals surface area contributed by atoms with E-state index < -0.39 is 11.2 Å². The van der Waals surface area contributed by atoms with Gasteiger partial charge in [0, 0.05) is 25.7 Å². The molecule has 18 heavy (non-hydrogen) atoms. The Morgan fingerprint density at radius 3 is 2.94 bits per heavy atom. The number of hydrogen-bond acceptors (Lipinski definition) is 5. The second-order valence-corrected chi connectivity index (χ2v) is 5.04. The van der Waals surface area contributed by atoms with Gasteiger partial charge in [-0.25, -0.2) is 9.89 Å². The predicted octanol–water partition coefficient (Wildman–Crippen LogP) is -1.11. The average molecular weight is 251 g/mol. The Hall–Kier alpha value is -1.63. The molecule has 0 aliphatic carbocycles. The molecule has 2 fully saturated rings. The lowest BCUT2D eigenvalue weighted by Gasteiger charge is -2.26. The van der Waals surface area contributed by atoms with Gasteiger partial charge in [0.1, 0.15) is 0 Å². The van der Waals surface area contributed by atoms with Crippen LogP contribution in [0.15, 0.2) is 9.59 Å². The number of H-pyrrole nitrogens is 2. The third-order valence-corrected chi connectivity index (χ3v) is 4.10. The molecule has 3 N–H and O–H groups in total. The van der Waals surface area contributed by atoms with Crippen molar-refractivity contribution in [1.29, 1.82) is 0 Å². The molecule has 0 aromatic carbocycles. The third kappa shape index (κ3) is 1.66. The quantitative estimate of drug-likeness (QED) is 0.620. The van der Waals surface area contributed by atoms with E-state index in [2.05, 4.69) is 27.4 Å². The van der Waals surface area contributed by atoms with E-state index in [0.29, 0.717) is 23.7 Å². The van der Waals surface area contributed by atoms with Crippen LogP contribution in [-0.4, -0.2) is 40.9 Å². The molecular formula is C11H17N5O2. The molecule has 3 heterocycles. The van der Waals surface area contributed by atoms with Crippen LogP contribution in [0.5, 0.6) is 0 Å². The normalized spacial score (nSPS) is 30.7. The lowest BCUT2D eigenvalue weighted by molar-refractivity contribution is 0.441. The van der Waals surface area contributed by atoms with E-state index in [1.54, 1.807) is 0 Å². The molecule has 0 amide bonds. The Balaban J connectivity index is 1.96. The molecule has 0 bridgehead atoms. The summed E-state index contributed by atoms with van der Waals surface area (Å²) < 4.78 is 0. The minimum absolute atomic E-state index is 0.324. The molecule has 2 aliphatic heterocycles. The number of hydrogen-bond donors (Lipinski definition) is 3. The fraction of sp³-hybridized carbons (Fsp3) is 0.727. The van der Waals surface area contributed by atoms with Crippen molar-refractivity contribution in [3.8, 4) is 0 Å². The first-order chi connectivity index (χ1) is 8.70. The molecule has 3 rings (SSSR count). The van der Waals surface area contributed by atoms with E-state index in [9.17, 15) is 9.59 Å². The zero-order chi connectivity index (χ0) is 12.7. The van der Waals surface area contributed by atoms with Crippen molar-refractivity contribution in [2.24, 2.45) is 11.8 Å². The van der Waals surface area contributed by atoms with Gasteiger partial charge < -0.3 is 10.2 Å². The number of rotatable bonds is 2. The molecule has 7 nitrogen and oxygen atoms in total. The van der Waals surface area contributed by atoms with Crippen molar-refractivity contribution in [2.75, 3.05) is 24.5 Å². The first kappa shape index (κ1) is 11.5. The van der Waals surface area contributed by atoms with Gasteiger partial charge >= 0.3 is 5.69 Å². The van der Waals surface area contributed by atoms with Crippen LogP contribution in [0.25, 0.3) is 0 Å². The maximum absolute atomic E-state index is 11.8. The summed E-state index contributed by atoms with van der Waals surface area (Å²) in [6.45, 7) is 4.95. The Morgan fingerprint density at radius 1 is 1.39 bits per heavy atom. The van der Waals surface area contributed by atoms with Crippen LogP contribution < -0.4 is 21.5 Å². The number of anilines is 1. The summed E-state index contributed by atoms with van der Waals surface area (Å²) >= 11 is 0. The predicted molar refractivity (Wildman–Crippen MR) is 66.8 cm³/mol. The monoisotopic (exact) mass is 251 g/mol. The molecule has 0 spiro atoms. The van der Waals surface area contributed by atoms with E-state index in [4.69, 9.17) is 0 Å². The molecule has 1 aromatic rings. The maximum Gasteiger partial charge on any atom is 0.342 e. The Kier molecular flexibility index (Phi) is 2.70. The smallest absolute Gasteiger partial charge is 0.342 e. The second kappa shape index (κ2) is 4.24. The van der Waals surface area contributed by atoms with Crippen molar-refractivity contribution in [1.82, 2.24) is 20.5 Å². The van der Waals surface area contributed by atoms with Crippen LogP contribution in [0.1, 0.15) is 13.3 Å². The number of aromatic amines is 2. The highest BCUT2D eigenvalue weighted by Crippen LogP contribution is 2.35.